The lowest BCUT2D eigenvalue weighted by Gasteiger charge is -2.31. The van der Waals surface area contributed by atoms with Gasteiger partial charge in [-0.25, -0.2) is 8.42 Å². The molecule has 0 spiro atoms. The zero-order valence-electron chi connectivity index (χ0n) is 17.7. The van der Waals surface area contributed by atoms with Gasteiger partial charge in [-0.3, -0.25) is 14.5 Å². The average Bonchev–Trinajstić information content (AvgIpc) is 3.07. The van der Waals surface area contributed by atoms with Crippen molar-refractivity contribution >= 4 is 27.7 Å². The predicted molar refractivity (Wildman–Crippen MR) is 114 cm³/mol. The summed E-state index contributed by atoms with van der Waals surface area (Å²) in [5.41, 5.74) is 0.903. The molecule has 1 saturated heterocycles. The molecule has 0 radical (unpaired) electrons. The maximum Gasteiger partial charge on any atom is 0.271 e. The van der Waals surface area contributed by atoms with Crippen LogP contribution in [0.15, 0.2) is 34.9 Å². The van der Waals surface area contributed by atoms with E-state index in [1.54, 1.807) is 31.2 Å². The van der Waals surface area contributed by atoms with E-state index < -0.39 is 27.7 Å². The Kier molecular flexibility index (Phi) is 6.51. The Morgan fingerprint density at radius 2 is 1.84 bits per heavy atom. The first-order chi connectivity index (χ1) is 14.7. The van der Waals surface area contributed by atoms with E-state index in [0.29, 0.717) is 30.3 Å². The zero-order chi connectivity index (χ0) is 22.8. The van der Waals surface area contributed by atoms with Crippen LogP contribution in [0.25, 0.3) is 6.08 Å². The number of imide groups is 1. The van der Waals surface area contributed by atoms with Crippen LogP contribution in [0.2, 0.25) is 0 Å². The maximum absolute atomic E-state index is 13.2. The minimum absolute atomic E-state index is 0.0883. The van der Waals surface area contributed by atoms with Crippen LogP contribution < -0.4 is 9.47 Å². The molecule has 1 atom stereocenters. The summed E-state index contributed by atoms with van der Waals surface area (Å²) in [5, 5.41) is 9.53. The molecule has 1 aromatic carbocycles. The summed E-state index contributed by atoms with van der Waals surface area (Å²) in [5.74, 6) is -0.637. The number of hydrogen-bond acceptors (Lipinski definition) is 7. The standard InChI is InChI=1S/C22H24N2O6S/c1-4-29-19-7-6-15(11-20(19)30-5-2)10-17-14(3)18(12-23)22(26)24(21(17)25)16-8-9-31(27,28)13-16/h6-7,10-11,16H,4-5,8-9,13H2,1-3H3/b17-10-/t16-/m0/s1. The third-order valence-electron chi connectivity index (χ3n) is 5.22. The van der Waals surface area contributed by atoms with Crippen molar-refractivity contribution in [1.82, 2.24) is 4.90 Å². The van der Waals surface area contributed by atoms with Gasteiger partial charge in [-0.05, 0) is 56.5 Å². The minimum Gasteiger partial charge on any atom is -0.490 e. The molecule has 2 aliphatic heterocycles. The summed E-state index contributed by atoms with van der Waals surface area (Å²) in [6, 6.07) is 6.29. The number of nitriles is 1. The van der Waals surface area contributed by atoms with Gasteiger partial charge in [0.1, 0.15) is 11.6 Å². The smallest absolute Gasteiger partial charge is 0.271 e. The molecule has 2 heterocycles. The molecule has 2 amide bonds. The molecule has 1 fully saturated rings. The second-order valence-corrected chi connectivity index (χ2v) is 9.51. The van der Waals surface area contributed by atoms with E-state index in [1.165, 1.54) is 0 Å². The summed E-state index contributed by atoms with van der Waals surface area (Å²) in [4.78, 5) is 27.0. The number of nitrogens with zero attached hydrogens (tertiary/aromatic N) is 2. The van der Waals surface area contributed by atoms with Gasteiger partial charge in [0.05, 0.1) is 30.8 Å². The van der Waals surface area contributed by atoms with Gasteiger partial charge < -0.3 is 9.47 Å². The number of carbonyl (C=O) groups is 2. The zero-order valence-corrected chi connectivity index (χ0v) is 18.5. The highest BCUT2D eigenvalue weighted by Gasteiger charge is 2.43. The molecule has 0 aromatic heterocycles. The van der Waals surface area contributed by atoms with Gasteiger partial charge in [0, 0.05) is 5.57 Å². The molecule has 2 aliphatic rings. The van der Waals surface area contributed by atoms with E-state index in [-0.39, 0.29) is 34.6 Å². The van der Waals surface area contributed by atoms with Crippen molar-refractivity contribution in [3.05, 3.63) is 40.5 Å². The number of hydrogen-bond donors (Lipinski definition) is 0. The highest BCUT2D eigenvalue weighted by molar-refractivity contribution is 7.91. The number of benzene rings is 1. The molecule has 0 bridgehead atoms. The molecule has 0 aliphatic carbocycles. The van der Waals surface area contributed by atoms with E-state index >= 15 is 0 Å². The third-order valence-corrected chi connectivity index (χ3v) is 6.98. The van der Waals surface area contributed by atoms with Crippen LogP contribution in [-0.2, 0) is 19.4 Å². The van der Waals surface area contributed by atoms with E-state index in [2.05, 4.69) is 0 Å². The lowest BCUT2D eigenvalue weighted by molar-refractivity contribution is -0.142. The molecular formula is C22H24N2O6S. The quantitative estimate of drug-likeness (QED) is 0.488. The number of sulfone groups is 1. The molecule has 8 nitrogen and oxygen atoms in total. The summed E-state index contributed by atoms with van der Waals surface area (Å²) in [6.45, 7) is 6.14. The first-order valence-corrected chi connectivity index (χ1v) is 11.9. The topological polar surface area (TPSA) is 114 Å². The maximum atomic E-state index is 13.2. The van der Waals surface area contributed by atoms with Crippen molar-refractivity contribution in [2.75, 3.05) is 24.7 Å². The van der Waals surface area contributed by atoms with Gasteiger partial charge in [-0.15, -0.1) is 0 Å². The molecule has 3 rings (SSSR count). The van der Waals surface area contributed by atoms with E-state index in [4.69, 9.17) is 9.47 Å². The van der Waals surface area contributed by atoms with Gasteiger partial charge in [0.2, 0.25) is 0 Å². The van der Waals surface area contributed by atoms with Crippen LogP contribution in [0, 0.1) is 11.3 Å². The normalized spacial score (nSPS) is 22.1. The minimum atomic E-state index is -3.32. The third kappa shape index (κ3) is 4.49. The fourth-order valence-corrected chi connectivity index (χ4v) is 5.43. The van der Waals surface area contributed by atoms with Gasteiger partial charge in [0.15, 0.2) is 21.3 Å². The Hall–Kier alpha value is -3.12. The largest absolute Gasteiger partial charge is 0.490 e. The Morgan fingerprint density at radius 1 is 1.16 bits per heavy atom. The van der Waals surface area contributed by atoms with E-state index in [1.807, 2.05) is 19.9 Å². The van der Waals surface area contributed by atoms with Crippen molar-refractivity contribution in [3.8, 4) is 17.6 Å². The number of amides is 2. The van der Waals surface area contributed by atoms with Crippen molar-refractivity contribution in [2.24, 2.45) is 0 Å². The van der Waals surface area contributed by atoms with Crippen LogP contribution in [0.5, 0.6) is 11.5 Å². The first kappa shape index (κ1) is 22.6. The summed E-state index contributed by atoms with van der Waals surface area (Å²) < 4.78 is 35.0. The second-order valence-electron chi connectivity index (χ2n) is 7.28. The highest BCUT2D eigenvalue weighted by Crippen LogP contribution is 2.33. The van der Waals surface area contributed by atoms with Crippen molar-refractivity contribution in [1.29, 1.82) is 5.26 Å². The van der Waals surface area contributed by atoms with Gasteiger partial charge in [-0.2, -0.15) is 5.26 Å². The van der Waals surface area contributed by atoms with Crippen LogP contribution in [0.3, 0.4) is 0 Å². The first-order valence-electron chi connectivity index (χ1n) is 10.0. The Labute approximate surface area is 181 Å². The van der Waals surface area contributed by atoms with E-state index in [9.17, 15) is 23.3 Å². The molecule has 31 heavy (non-hydrogen) atoms. The fourth-order valence-electron chi connectivity index (χ4n) is 3.73. The average molecular weight is 445 g/mol. The number of ether oxygens (including phenoxy) is 2. The van der Waals surface area contributed by atoms with Crippen molar-refractivity contribution in [3.63, 3.8) is 0 Å². The van der Waals surface area contributed by atoms with Gasteiger partial charge >= 0.3 is 0 Å². The van der Waals surface area contributed by atoms with Crippen LogP contribution >= 0.6 is 0 Å². The number of carbonyl (C=O) groups excluding carboxylic acids is 2. The summed E-state index contributed by atoms with van der Waals surface area (Å²) in [6.07, 6.45) is 1.75. The highest BCUT2D eigenvalue weighted by atomic mass is 32.2. The van der Waals surface area contributed by atoms with Crippen molar-refractivity contribution in [2.45, 2.75) is 33.2 Å². The Balaban J connectivity index is 2.06. The molecule has 9 heteroatoms. The van der Waals surface area contributed by atoms with E-state index in [0.717, 1.165) is 4.90 Å². The molecule has 0 unspecified atom stereocenters. The monoisotopic (exact) mass is 444 g/mol. The van der Waals surface area contributed by atoms with Crippen LogP contribution in [-0.4, -0.2) is 55.9 Å². The van der Waals surface area contributed by atoms with Gasteiger partial charge in [0.25, 0.3) is 11.8 Å². The van der Waals surface area contributed by atoms with Crippen LogP contribution in [0.4, 0.5) is 0 Å². The molecule has 1 aromatic rings. The SMILES string of the molecule is CCOc1ccc(/C=C2\C(=O)N([C@H]3CCS(=O)(=O)C3)C(=O)C(C#N)=C2C)cc1OCC. The molecule has 164 valence electrons. The van der Waals surface area contributed by atoms with Crippen molar-refractivity contribution < 1.29 is 27.5 Å². The predicted octanol–water partition coefficient (Wildman–Crippen LogP) is 2.26. The number of rotatable bonds is 6. The Morgan fingerprint density at radius 3 is 2.42 bits per heavy atom. The second kappa shape index (κ2) is 8.94. The fraction of sp³-hybridized carbons (Fsp3) is 0.409. The lowest BCUT2D eigenvalue weighted by Crippen LogP contribution is -2.49. The lowest BCUT2D eigenvalue weighted by atomic mass is 9.92. The van der Waals surface area contributed by atoms with Gasteiger partial charge in [-0.1, -0.05) is 6.07 Å². The van der Waals surface area contributed by atoms with Crippen LogP contribution in [0.1, 0.15) is 32.8 Å². The summed E-state index contributed by atoms with van der Waals surface area (Å²) >= 11 is 0. The summed E-state index contributed by atoms with van der Waals surface area (Å²) in [7, 11) is -3.32. The Bertz CT molecular complexity index is 1130. The molecular weight excluding hydrogens is 420 g/mol. The molecule has 0 saturated carbocycles. The molecule has 0 N–H and O–H groups in total.